The highest BCUT2D eigenvalue weighted by molar-refractivity contribution is 5.63. The Morgan fingerprint density at radius 2 is 1.79 bits per heavy atom. The first-order chi connectivity index (χ1) is 9.22. The van der Waals surface area contributed by atoms with Gasteiger partial charge in [0.25, 0.3) is 0 Å². The highest BCUT2D eigenvalue weighted by Gasteiger charge is 2.36. The Morgan fingerprint density at radius 3 is 2.37 bits per heavy atom. The van der Waals surface area contributed by atoms with E-state index in [1.165, 1.54) is 44.2 Å². The van der Waals surface area contributed by atoms with E-state index in [4.69, 9.17) is 11.0 Å². The largest absolute Gasteiger partial charge is 0.398 e. The van der Waals surface area contributed by atoms with Gasteiger partial charge in [-0.05, 0) is 49.3 Å². The highest BCUT2D eigenvalue weighted by atomic mass is 15.1. The summed E-state index contributed by atoms with van der Waals surface area (Å²) >= 11 is 0. The molecule has 2 fully saturated rings. The van der Waals surface area contributed by atoms with Crippen LogP contribution in [0.4, 0.5) is 11.4 Å². The second-order valence-electron chi connectivity index (χ2n) is 6.08. The smallest absolute Gasteiger partial charge is 0.101 e. The lowest BCUT2D eigenvalue weighted by atomic mass is 9.77. The van der Waals surface area contributed by atoms with Crippen LogP contribution in [-0.4, -0.2) is 13.1 Å². The van der Waals surface area contributed by atoms with Crippen molar-refractivity contribution in [2.45, 2.75) is 38.5 Å². The van der Waals surface area contributed by atoms with Gasteiger partial charge in [-0.15, -0.1) is 0 Å². The molecule has 19 heavy (non-hydrogen) atoms. The van der Waals surface area contributed by atoms with Crippen molar-refractivity contribution in [1.29, 1.82) is 5.26 Å². The van der Waals surface area contributed by atoms with Crippen molar-refractivity contribution in [3.63, 3.8) is 0 Å². The lowest BCUT2D eigenvalue weighted by Crippen LogP contribution is -2.38. The zero-order valence-electron chi connectivity index (χ0n) is 11.4. The van der Waals surface area contributed by atoms with Crippen molar-refractivity contribution in [2.24, 2.45) is 5.41 Å². The fourth-order valence-electron chi connectivity index (χ4n) is 3.71. The van der Waals surface area contributed by atoms with Crippen LogP contribution in [0, 0.1) is 16.7 Å². The highest BCUT2D eigenvalue weighted by Crippen LogP contribution is 2.46. The first kappa shape index (κ1) is 12.3. The van der Waals surface area contributed by atoms with E-state index in [1.807, 2.05) is 18.2 Å². The Hall–Kier alpha value is -1.69. The van der Waals surface area contributed by atoms with Crippen LogP contribution in [0.15, 0.2) is 18.2 Å². The van der Waals surface area contributed by atoms with Gasteiger partial charge in [-0.1, -0.05) is 12.8 Å². The van der Waals surface area contributed by atoms with Gasteiger partial charge < -0.3 is 10.6 Å². The number of hydrogen-bond donors (Lipinski definition) is 1. The fraction of sp³-hybridized carbons (Fsp3) is 0.562. The zero-order valence-corrected chi connectivity index (χ0v) is 11.4. The molecule has 1 aromatic rings. The molecule has 1 saturated heterocycles. The monoisotopic (exact) mass is 255 g/mol. The third-order valence-corrected chi connectivity index (χ3v) is 5.01. The third-order valence-electron chi connectivity index (χ3n) is 5.01. The molecule has 3 nitrogen and oxygen atoms in total. The van der Waals surface area contributed by atoms with E-state index in [-0.39, 0.29) is 0 Å². The Morgan fingerprint density at radius 1 is 1.11 bits per heavy atom. The predicted molar refractivity (Wildman–Crippen MR) is 77.9 cm³/mol. The summed E-state index contributed by atoms with van der Waals surface area (Å²) < 4.78 is 0. The van der Waals surface area contributed by atoms with E-state index in [2.05, 4.69) is 11.0 Å². The van der Waals surface area contributed by atoms with Gasteiger partial charge >= 0.3 is 0 Å². The zero-order chi connectivity index (χ0) is 13.3. The molecule has 100 valence electrons. The molecule has 0 bridgehead atoms. The van der Waals surface area contributed by atoms with Gasteiger partial charge in [-0.2, -0.15) is 5.26 Å². The second-order valence-corrected chi connectivity index (χ2v) is 6.08. The molecule has 1 aliphatic carbocycles. The Labute approximate surface area is 115 Å². The summed E-state index contributed by atoms with van der Waals surface area (Å²) in [7, 11) is 0. The van der Waals surface area contributed by atoms with Crippen molar-refractivity contribution < 1.29 is 0 Å². The number of benzene rings is 1. The van der Waals surface area contributed by atoms with E-state index in [9.17, 15) is 0 Å². The molecule has 1 saturated carbocycles. The summed E-state index contributed by atoms with van der Waals surface area (Å²) in [5, 5.41) is 8.92. The van der Waals surface area contributed by atoms with Gasteiger partial charge in [0.1, 0.15) is 6.07 Å². The van der Waals surface area contributed by atoms with Crippen molar-refractivity contribution in [3.8, 4) is 6.07 Å². The minimum Gasteiger partial charge on any atom is -0.398 e. The molecular formula is C16H21N3. The summed E-state index contributed by atoms with van der Waals surface area (Å²) in [4.78, 5) is 2.42. The maximum absolute atomic E-state index is 8.92. The summed E-state index contributed by atoms with van der Waals surface area (Å²) in [5.41, 5.74) is 8.90. The molecule has 0 unspecified atom stereocenters. The summed E-state index contributed by atoms with van der Waals surface area (Å²) in [6, 6.07) is 7.94. The van der Waals surface area contributed by atoms with Crippen LogP contribution in [0.3, 0.4) is 0 Å². The molecule has 1 aromatic carbocycles. The first-order valence-corrected chi connectivity index (χ1v) is 7.27. The number of nitrogens with two attached hydrogens (primary N) is 1. The van der Waals surface area contributed by atoms with Crippen molar-refractivity contribution in [1.82, 2.24) is 0 Å². The molecule has 3 rings (SSSR count). The van der Waals surface area contributed by atoms with Crippen LogP contribution in [0.2, 0.25) is 0 Å². The Bertz CT molecular complexity index is 499. The van der Waals surface area contributed by atoms with Gasteiger partial charge in [0.15, 0.2) is 0 Å². The van der Waals surface area contributed by atoms with Crippen LogP contribution in [0.5, 0.6) is 0 Å². The number of rotatable bonds is 1. The number of nitriles is 1. The molecule has 2 aliphatic rings. The minimum atomic E-state index is 0.577. The predicted octanol–water partition coefficient (Wildman–Crippen LogP) is 3.30. The van der Waals surface area contributed by atoms with E-state index >= 15 is 0 Å². The molecule has 1 aliphatic heterocycles. The van der Waals surface area contributed by atoms with Crippen LogP contribution >= 0.6 is 0 Å². The van der Waals surface area contributed by atoms with Crippen molar-refractivity contribution >= 4 is 11.4 Å². The van der Waals surface area contributed by atoms with E-state index in [1.54, 1.807) is 0 Å². The van der Waals surface area contributed by atoms with Crippen LogP contribution in [0.25, 0.3) is 0 Å². The molecule has 2 N–H and O–H groups in total. The average molecular weight is 255 g/mol. The lowest BCUT2D eigenvalue weighted by molar-refractivity contribution is 0.226. The topological polar surface area (TPSA) is 53.0 Å². The quantitative estimate of drug-likeness (QED) is 0.783. The number of hydrogen-bond acceptors (Lipinski definition) is 3. The maximum atomic E-state index is 8.92. The molecule has 1 heterocycles. The minimum absolute atomic E-state index is 0.577. The number of nitrogen functional groups attached to an aromatic ring is 1. The summed E-state index contributed by atoms with van der Waals surface area (Å²) in [5.74, 6) is 0. The third kappa shape index (κ3) is 2.28. The number of nitrogens with zero attached hydrogens (tertiary/aromatic N) is 2. The van der Waals surface area contributed by atoms with E-state index in [0.717, 1.165) is 13.1 Å². The maximum Gasteiger partial charge on any atom is 0.101 e. The standard InChI is InChI=1S/C16H21N3/c17-12-13-3-4-14(11-15(13)18)19-9-7-16(8-10-19)5-1-2-6-16/h3-4,11H,1-2,5-10,18H2. The molecule has 0 radical (unpaired) electrons. The number of piperidine rings is 1. The molecule has 0 amide bonds. The van der Waals surface area contributed by atoms with Crippen LogP contribution < -0.4 is 10.6 Å². The Kier molecular flexibility index (Phi) is 3.10. The SMILES string of the molecule is N#Cc1ccc(N2CCC3(CCCC3)CC2)cc1N. The fourth-order valence-corrected chi connectivity index (χ4v) is 3.71. The molecular weight excluding hydrogens is 234 g/mol. The summed E-state index contributed by atoms with van der Waals surface area (Å²) in [6.45, 7) is 2.26. The van der Waals surface area contributed by atoms with Crippen molar-refractivity contribution in [2.75, 3.05) is 23.7 Å². The van der Waals surface area contributed by atoms with Crippen LogP contribution in [-0.2, 0) is 0 Å². The van der Waals surface area contributed by atoms with E-state index in [0.29, 0.717) is 16.7 Å². The summed E-state index contributed by atoms with van der Waals surface area (Å²) in [6.07, 6.45) is 8.32. The molecule has 3 heteroatoms. The first-order valence-electron chi connectivity index (χ1n) is 7.27. The lowest BCUT2D eigenvalue weighted by Gasteiger charge is -2.40. The van der Waals surface area contributed by atoms with E-state index < -0.39 is 0 Å². The van der Waals surface area contributed by atoms with Crippen LogP contribution in [0.1, 0.15) is 44.1 Å². The van der Waals surface area contributed by atoms with Crippen molar-refractivity contribution in [3.05, 3.63) is 23.8 Å². The average Bonchev–Trinajstić information content (AvgIpc) is 2.88. The second kappa shape index (κ2) is 4.77. The number of anilines is 2. The van der Waals surface area contributed by atoms with Gasteiger partial charge in [0, 0.05) is 18.8 Å². The van der Waals surface area contributed by atoms with Gasteiger partial charge in [-0.25, -0.2) is 0 Å². The van der Waals surface area contributed by atoms with Gasteiger partial charge in [-0.3, -0.25) is 0 Å². The Balaban J connectivity index is 1.71. The van der Waals surface area contributed by atoms with Gasteiger partial charge in [0.2, 0.25) is 0 Å². The molecule has 1 spiro atoms. The molecule has 0 atom stereocenters. The normalized spacial score (nSPS) is 21.5. The van der Waals surface area contributed by atoms with Gasteiger partial charge in [0.05, 0.1) is 11.3 Å². The molecule has 0 aromatic heterocycles.